The molecular formula is C23H21F5N6O. The maximum Gasteiger partial charge on any atom is 0.419 e. The molecule has 3 heterocycles. The Morgan fingerprint density at radius 3 is 2.49 bits per heavy atom. The minimum absolute atomic E-state index is 0.0847. The zero-order chi connectivity index (χ0) is 25.3. The summed E-state index contributed by atoms with van der Waals surface area (Å²) >= 11 is 0. The number of halogens is 5. The molecule has 0 spiro atoms. The lowest BCUT2D eigenvalue weighted by Gasteiger charge is -2.18. The number of carbonyl (C=O) groups is 1. The Morgan fingerprint density at radius 2 is 1.83 bits per heavy atom. The Labute approximate surface area is 197 Å². The van der Waals surface area contributed by atoms with Crippen LogP contribution in [0, 0.1) is 11.7 Å². The lowest BCUT2D eigenvalue weighted by Crippen LogP contribution is -2.23. The van der Waals surface area contributed by atoms with Crippen molar-refractivity contribution in [3.05, 3.63) is 65.8 Å². The van der Waals surface area contributed by atoms with Crippen molar-refractivity contribution in [2.24, 2.45) is 5.92 Å². The van der Waals surface area contributed by atoms with Crippen LogP contribution in [0.15, 0.2) is 42.9 Å². The number of alkyl halides is 4. The molecule has 1 unspecified atom stereocenters. The van der Waals surface area contributed by atoms with E-state index in [1.54, 1.807) is 13.0 Å². The molecule has 3 aromatic rings. The van der Waals surface area contributed by atoms with Crippen molar-refractivity contribution in [1.29, 1.82) is 0 Å². The Bertz CT molecular complexity index is 1220. The molecule has 4 rings (SSSR count). The smallest absolute Gasteiger partial charge is 0.355 e. The molecule has 1 saturated heterocycles. The Kier molecular flexibility index (Phi) is 6.64. The first-order chi connectivity index (χ1) is 16.6. The number of hydrogen-bond donors (Lipinski definition) is 2. The predicted molar refractivity (Wildman–Crippen MR) is 116 cm³/mol. The van der Waals surface area contributed by atoms with Crippen LogP contribution in [-0.4, -0.2) is 38.6 Å². The molecule has 1 amide bonds. The van der Waals surface area contributed by atoms with E-state index in [0.717, 1.165) is 6.07 Å². The fraction of sp³-hybridized carbons (Fsp3) is 0.348. The van der Waals surface area contributed by atoms with Gasteiger partial charge in [-0.3, -0.25) is 4.79 Å². The monoisotopic (exact) mass is 492 g/mol. The van der Waals surface area contributed by atoms with Crippen LogP contribution in [-0.2, 0) is 11.0 Å². The number of benzene rings is 1. The number of hydrogen-bond acceptors (Lipinski definition) is 6. The van der Waals surface area contributed by atoms with E-state index in [-0.39, 0.29) is 35.4 Å². The summed E-state index contributed by atoms with van der Waals surface area (Å²) in [5, 5.41) is 5.64. The normalized spacial score (nSPS) is 19.8. The van der Waals surface area contributed by atoms with Crippen molar-refractivity contribution in [1.82, 2.24) is 25.3 Å². The van der Waals surface area contributed by atoms with Crippen LogP contribution in [0.25, 0.3) is 11.1 Å². The van der Waals surface area contributed by atoms with Crippen molar-refractivity contribution >= 4 is 11.9 Å². The van der Waals surface area contributed by atoms with Gasteiger partial charge in [-0.2, -0.15) is 13.2 Å². The molecule has 1 aliphatic heterocycles. The summed E-state index contributed by atoms with van der Waals surface area (Å²) in [5.74, 6) is -2.58. The van der Waals surface area contributed by atoms with Crippen LogP contribution in [0.1, 0.15) is 42.9 Å². The Balaban J connectivity index is 1.52. The largest absolute Gasteiger partial charge is 0.419 e. The minimum Gasteiger partial charge on any atom is -0.355 e. The summed E-state index contributed by atoms with van der Waals surface area (Å²) in [7, 11) is 0. The van der Waals surface area contributed by atoms with E-state index in [9.17, 15) is 26.7 Å². The van der Waals surface area contributed by atoms with Crippen molar-refractivity contribution < 1.29 is 26.7 Å². The summed E-state index contributed by atoms with van der Waals surface area (Å²) in [6.07, 6.45) is -2.13. The van der Waals surface area contributed by atoms with Crippen molar-refractivity contribution in [2.45, 2.75) is 38.2 Å². The fourth-order valence-electron chi connectivity index (χ4n) is 3.97. The molecule has 7 nitrogen and oxygen atoms in total. The second-order valence-corrected chi connectivity index (χ2v) is 8.23. The summed E-state index contributed by atoms with van der Waals surface area (Å²) in [4.78, 5) is 29.0. The van der Waals surface area contributed by atoms with E-state index in [1.807, 2.05) is 0 Å². The zero-order valence-electron chi connectivity index (χ0n) is 18.6. The predicted octanol–water partition coefficient (Wildman–Crippen LogP) is 4.45. The minimum atomic E-state index is -4.82. The third-order valence-electron chi connectivity index (χ3n) is 5.83. The number of nitrogens with zero attached hydrogens (tertiary/aromatic N) is 4. The lowest BCUT2D eigenvalue weighted by molar-refractivity contribution is -0.139. The van der Waals surface area contributed by atoms with E-state index in [2.05, 4.69) is 30.6 Å². The number of rotatable bonds is 6. The van der Waals surface area contributed by atoms with Gasteiger partial charge in [0.2, 0.25) is 11.9 Å². The van der Waals surface area contributed by atoms with Gasteiger partial charge in [-0.1, -0.05) is 12.1 Å². The van der Waals surface area contributed by atoms with Gasteiger partial charge in [0.05, 0.1) is 23.2 Å². The van der Waals surface area contributed by atoms with Crippen LogP contribution >= 0.6 is 0 Å². The molecular weight excluding hydrogens is 471 g/mol. The van der Waals surface area contributed by atoms with Crippen LogP contribution in [0.2, 0.25) is 0 Å². The molecule has 4 atom stereocenters. The molecule has 1 aliphatic rings. The third kappa shape index (κ3) is 5.05. The summed E-state index contributed by atoms with van der Waals surface area (Å²) in [5.41, 5.74) is -1.18. The van der Waals surface area contributed by atoms with E-state index < -0.39 is 41.6 Å². The first-order valence-corrected chi connectivity index (χ1v) is 10.8. The van der Waals surface area contributed by atoms with Crippen LogP contribution < -0.4 is 10.6 Å². The standard InChI is InChI=1S/C23H21F5N6O/c1-11(24)15-10-32-21(35)18(15)17-6-7-29-22(34-17)33-12(2)20-30-8-13(9-31-20)14-4-3-5-16(19(14)25)23(26,27)28/h3-9,11-12,15,18H,10H2,1-2H3,(H,32,35)(H,29,33,34)/t11-,12-,15?,18+/m0/s1. The fourth-order valence-corrected chi connectivity index (χ4v) is 3.97. The van der Waals surface area contributed by atoms with Gasteiger partial charge in [-0.25, -0.2) is 28.7 Å². The zero-order valence-corrected chi connectivity index (χ0v) is 18.6. The van der Waals surface area contributed by atoms with E-state index in [4.69, 9.17) is 0 Å². The van der Waals surface area contributed by atoms with Crippen molar-refractivity contribution in [3.8, 4) is 11.1 Å². The molecule has 1 fully saturated rings. The highest BCUT2D eigenvalue weighted by Crippen LogP contribution is 2.35. The van der Waals surface area contributed by atoms with Gasteiger partial charge in [-0.15, -0.1) is 0 Å². The van der Waals surface area contributed by atoms with Gasteiger partial charge < -0.3 is 10.6 Å². The highest BCUT2D eigenvalue weighted by atomic mass is 19.4. The average Bonchev–Trinajstić information content (AvgIpc) is 3.20. The van der Waals surface area contributed by atoms with Gasteiger partial charge in [0.15, 0.2) is 0 Å². The Morgan fingerprint density at radius 1 is 1.11 bits per heavy atom. The number of carbonyl (C=O) groups excluding carboxylic acids is 1. The number of amides is 1. The highest BCUT2D eigenvalue weighted by molar-refractivity contribution is 5.85. The lowest BCUT2D eigenvalue weighted by atomic mass is 9.89. The van der Waals surface area contributed by atoms with Gasteiger partial charge in [-0.05, 0) is 26.0 Å². The third-order valence-corrected chi connectivity index (χ3v) is 5.83. The molecule has 0 saturated carbocycles. The molecule has 0 radical (unpaired) electrons. The maximum absolute atomic E-state index is 14.4. The second-order valence-electron chi connectivity index (χ2n) is 8.23. The van der Waals surface area contributed by atoms with Gasteiger partial charge in [0.25, 0.3) is 0 Å². The molecule has 1 aromatic carbocycles. The van der Waals surface area contributed by atoms with Crippen molar-refractivity contribution in [2.75, 3.05) is 11.9 Å². The maximum atomic E-state index is 14.4. The number of anilines is 1. The number of aromatic nitrogens is 4. The van der Waals surface area contributed by atoms with Gasteiger partial charge >= 0.3 is 6.18 Å². The topological polar surface area (TPSA) is 92.7 Å². The molecule has 2 aromatic heterocycles. The Hall–Kier alpha value is -3.70. The number of nitrogens with one attached hydrogen (secondary N) is 2. The molecule has 184 valence electrons. The first-order valence-electron chi connectivity index (χ1n) is 10.8. The van der Waals surface area contributed by atoms with Crippen LogP contribution in [0.4, 0.5) is 27.9 Å². The first kappa shape index (κ1) is 24.4. The molecule has 2 N–H and O–H groups in total. The van der Waals surface area contributed by atoms with E-state index in [0.29, 0.717) is 11.8 Å². The summed E-state index contributed by atoms with van der Waals surface area (Å²) in [6, 6.07) is 4.01. The van der Waals surface area contributed by atoms with E-state index >= 15 is 0 Å². The van der Waals surface area contributed by atoms with Gasteiger partial charge in [0, 0.05) is 42.2 Å². The highest BCUT2D eigenvalue weighted by Gasteiger charge is 2.40. The molecule has 0 bridgehead atoms. The molecule has 12 heteroatoms. The summed E-state index contributed by atoms with van der Waals surface area (Å²) < 4.78 is 67.4. The van der Waals surface area contributed by atoms with E-state index in [1.165, 1.54) is 31.6 Å². The van der Waals surface area contributed by atoms with Crippen molar-refractivity contribution in [3.63, 3.8) is 0 Å². The molecule has 35 heavy (non-hydrogen) atoms. The van der Waals surface area contributed by atoms with Gasteiger partial charge in [0.1, 0.15) is 17.8 Å². The second kappa shape index (κ2) is 9.51. The van der Waals surface area contributed by atoms with Crippen LogP contribution in [0.5, 0.6) is 0 Å². The molecule has 0 aliphatic carbocycles. The SMILES string of the molecule is C[C@H](Nc1nccc([C@@H]2C(=O)NCC2[C@H](C)F)n1)c1ncc(-c2cccc(C(F)(F)F)c2F)cn1. The quantitative estimate of drug-likeness (QED) is 0.494. The van der Waals surface area contributed by atoms with Crippen LogP contribution in [0.3, 0.4) is 0 Å². The average molecular weight is 492 g/mol. The summed E-state index contributed by atoms with van der Waals surface area (Å²) in [6.45, 7) is 3.31.